The van der Waals surface area contributed by atoms with Crippen molar-refractivity contribution in [3.8, 4) is 28.7 Å². The van der Waals surface area contributed by atoms with Crippen LogP contribution in [0.2, 0.25) is 0 Å². The maximum absolute atomic E-state index is 10.1. The number of hydrogen-bond donors (Lipinski definition) is 5. The minimum atomic E-state index is -0.707. The Labute approximate surface area is 119 Å². The maximum Gasteiger partial charge on any atom is 0.270 e. The quantitative estimate of drug-likeness (QED) is 0.314. The highest BCUT2D eigenvalue weighted by atomic mass is 16.5. The molecule has 0 saturated carbocycles. The third-order valence-corrected chi connectivity index (χ3v) is 3.32. The lowest BCUT2D eigenvalue weighted by Gasteiger charge is -2.22. The molecule has 0 aliphatic carbocycles. The van der Waals surface area contributed by atoms with Crippen LogP contribution in [-0.2, 0) is 0 Å². The average molecular weight is 289 g/mol. The second-order valence-electron chi connectivity index (χ2n) is 4.72. The molecule has 0 aromatic heterocycles. The van der Waals surface area contributed by atoms with E-state index in [4.69, 9.17) is 0 Å². The van der Waals surface area contributed by atoms with Crippen LogP contribution < -0.4 is 0 Å². The van der Waals surface area contributed by atoms with Gasteiger partial charge in [-0.15, -0.1) is 0 Å². The molecule has 21 heavy (non-hydrogen) atoms. The zero-order valence-corrected chi connectivity index (χ0v) is 10.7. The van der Waals surface area contributed by atoms with Gasteiger partial charge in [0.1, 0.15) is 11.3 Å². The predicted octanol–water partition coefficient (Wildman–Crippen LogP) is 2.40. The van der Waals surface area contributed by atoms with E-state index in [2.05, 4.69) is 4.74 Å². The number of rotatable bonds is 1. The first-order valence-electron chi connectivity index (χ1n) is 6.15. The lowest BCUT2D eigenvalue weighted by atomic mass is 10.0. The van der Waals surface area contributed by atoms with E-state index in [0.717, 1.165) is 0 Å². The van der Waals surface area contributed by atoms with Crippen LogP contribution in [0.4, 0.5) is 0 Å². The number of phenols is 4. The molecule has 2 aromatic rings. The topological polar surface area (TPSA) is 114 Å². The summed E-state index contributed by atoms with van der Waals surface area (Å²) >= 11 is 0. The van der Waals surface area contributed by atoms with Crippen molar-refractivity contribution in [3.63, 3.8) is 0 Å². The molecular formula is C15H13O6+. The van der Waals surface area contributed by atoms with Gasteiger partial charge in [0.05, 0.1) is 11.6 Å². The largest absolute Gasteiger partial charge is 0.571 e. The average Bonchev–Trinajstić information content (AvgIpc) is 2.47. The van der Waals surface area contributed by atoms with Gasteiger partial charge >= 0.3 is 0 Å². The number of aliphatic hydroxyl groups is 2. The fourth-order valence-corrected chi connectivity index (χ4v) is 2.23. The molecule has 0 fully saturated rings. The van der Waals surface area contributed by atoms with E-state index in [-0.39, 0.29) is 22.8 Å². The molecule has 0 amide bonds. The van der Waals surface area contributed by atoms with Gasteiger partial charge in [0.2, 0.25) is 5.75 Å². The number of phenolic OH excluding ortho intramolecular Hbond substituents is 4. The zero-order valence-electron chi connectivity index (χ0n) is 10.7. The van der Waals surface area contributed by atoms with Crippen LogP contribution in [0.3, 0.4) is 0 Å². The van der Waals surface area contributed by atoms with Crippen molar-refractivity contribution in [3.05, 3.63) is 47.2 Å². The smallest absolute Gasteiger partial charge is 0.270 e. The Kier molecular flexibility index (Phi) is 2.79. The normalized spacial score (nSPS) is 16.8. The Morgan fingerprint density at radius 1 is 0.857 bits per heavy atom. The highest BCUT2D eigenvalue weighted by molar-refractivity contribution is 5.73. The summed E-state index contributed by atoms with van der Waals surface area (Å²) in [6, 6.07) is 7.37. The van der Waals surface area contributed by atoms with Crippen molar-refractivity contribution < 1.29 is 30.3 Å². The number of aliphatic hydroxyl groups excluding tert-OH is 1. The standard InChI is InChI=1S/C15H12O6/c16-8-3-1-7(2-4-8)15-11(18)5-9-12(21-15)6-10(17)14(20)13(9)19/h1-6,15-20H/p+1. The van der Waals surface area contributed by atoms with Crippen molar-refractivity contribution in [1.82, 2.24) is 0 Å². The van der Waals surface area contributed by atoms with Gasteiger partial charge in [-0.3, -0.25) is 0 Å². The third-order valence-electron chi connectivity index (χ3n) is 3.32. The molecule has 0 saturated heterocycles. The Balaban J connectivity index is 2.07. The molecule has 6 heteroatoms. The van der Waals surface area contributed by atoms with Gasteiger partial charge in [-0.05, 0) is 24.3 Å². The minimum absolute atomic E-state index is 0.0960. The van der Waals surface area contributed by atoms with E-state index in [1.807, 2.05) is 0 Å². The maximum atomic E-state index is 10.1. The van der Waals surface area contributed by atoms with E-state index in [9.17, 15) is 25.5 Å². The molecule has 1 aliphatic rings. The summed E-state index contributed by atoms with van der Waals surface area (Å²) in [7, 11) is 0. The highest BCUT2D eigenvalue weighted by Gasteiger charge is 2.32. The lowest BCUT2D eigenvalue weighted by Crippen LogP contribution is -2.12. The van der Waals surface area contributed by atoms with Gasteiger partial charge in [0.15, 0.2) is 17.3 Å². The van der Waals surface area contributed by atoms with Crippen LogP contribution in [0.25, 0.3) is 6.08 Å². The fourth-order valence-electron chi connectivity index (χ4n) is 2.23. The number of fused-ring (bicyclic) bond motifs is 1. The van der Waals surface area contributed by atoms with Gasteiger partial charge in [-0.25, -0.2) is 0 Å². The molecule has 0 bridgehead atoms. The van der Waals surface area contributed by atoms with Crippen molar-refractivity contribution in [2.24, 2.45) is 0 Å². The Bertz CT molecular complexity index is 733. The van der Waals surface area contributed by atoms with E-state index in [1.54, 1.807) is 12.1 Å². The number of aromatic hydroxyl groups is 5. The molecular weight excluding hydrogens is 276 g/mol. The summed E-state index contributed by atoms with van der Waals surface area (Å²) in [6.45, 7) is 0. The van der Waals surface area contributed by atoms with E-state index >= 15 is 0 Å². The SMILES string of the molecule is OC1=Cc2c(cc(O)c(O)c2O)[OH+]C1c1ccc(O)cc1. The van der Waals surface area contributed by atoms with E-state index in [0.29, 0.717) is 5.56 Å². The Morgan fingerprint density at radius 2 is 1.52 bits per heavy atom. The van der Waals surface area contributed by atoms with E-state index in [1.165, 1.54) is 24.3 Å². The fraction of sp³-hybridized carbons (Fsp3) is 0.0667. The van der Waals surface area contributed by atoms with Gasteiger partial charge < -0.3 is 30.3 Å². The second-order valence-corrected chi connectivity index (χ2v) is 4.72. The van der Waals surface area contributed by atoms with Crippen molar-refractivity contribution in [2.45, 2.75) is 6.10 Å². The summed E-state index contributed by atoms with van der Waals surface area (Å²) in [5.41, 5.74) is 0.775. The molecule has 108 valence electrons. The van der Waals surface area contributed by atoms with Crippen LogP contribution >= 0.6 is 0 Å². The van der Waals surface area contributed by atoms with Gasteiger partial charge in [0, 0.05) is 6.08 Å². The van der Waals surface area contributed by atoms with Crippen LogP contribution in [0.15, 0.2) is 36.1 Å². The van der Waals surface area contributed by atoms with Crippen molar-refractivity contribution in [1.29, 1.82) is 0 Å². The molecule has 1 unspecified atom stereocenters. The molecule has 3 rings (SSSR count). The lowest BCUT2D eigenvalue weighted by molar-refractivity contribution is -0.0196. The zero-order chi connectivity index (χ0) is 15.1. The molecule has 6 nitrogen and oxygen atoms in total. The molecule has 1 aliphatic heterocycles. The van der Waals surface area contributed by atoms with Gasteiger partial charge in [0.25, 0.3) is 11.9 Å². The molecule has 0 radical (unpaired) electrons. The Morgan fingerprint density at radius 3 is 2.19 bits per heavy atom. The van der Waals surface area contributed by atoms with Crippen molar-refractivity contribution >= 4 is 6.08 Å². The molecule has 0 spiro atoms. The molecule has 1 atom stereocenters. The molecule has 6 N–H and O–H groups in total. The van der Waals surface area contributed by atoms with E-state index < -0.39 is 23.4 Å². The first-order valence-corrected chi connectivity index (χ1v) is 6.15. The number of benzene rings is 2. The summed E-state index contributed by atoms with van der Waals surface area (Å²) in [5, 5.41) is 48.1. The summed E-state index contributed by atoms with van der Waals surface area (Å²) in [5.74, 6) is -1.46. The summed E-state index contributed by atoms with van der Waals surface area (Å²) < 4.78 is 4.26. The van der Waals surface area contributed by atoms with Crippen molar-refractivity contribution in [2.75, 3.05) is 0 Å². The third kappa shape index (κ3) is 2.06. The molecule has 2 aromatic carbocycles. The number of ether oxygens (including phenoxy) is 1. The van der Waals surface area contributed by atoms with Crippen LogP contribution in [0.1, 0.15) is 17.2 Å². The van der Waals surface area contributed by atoms with Gasteiger partial charge in [-0.1, -0.05) is 0 Å². The highest BCUT2D eigenvalue weighted by Crippen LogP contribution is 2.48. The minimum Gasteiger partial charge on any atom is -0.571 e. The first-order chi connectivity index (χ1) is 9.97. The monoisotopic (exact) mass is 289 g/mol. The van der Waals surface area contributed by atoms with Crippen LogP contribution in [-0.4, -0.2) is 30.3 Å². The number of hydrogen-bond acceptors (Lipinski definition) is 5. The van der Waals surface area contributed by atoms with Crippen LogP contribution in [0, 0.1) is 0 Å². The Hall–Kier alpha value is -3.02. The summed E-state index contributed by atoms with van der Waals surface area (Å²) in [6.07, 6.45) is 0.579. The molecule has 1 heterocycles. The van der Waals surface area contributed by atoms with Crippen LogP contribution in [0.5, 0.6) is 28.7 Å². The van der Waals surface area contributed by atoms with Gasteiger partial charge in [-0.2, -0.15) is 0 Å². The second kappa shape index (κ2) is 4.52. The first kappa shape index (κ1) is 13.0. The predicted molar refractivity (Wildman–Crippen MR) is 74.6 cm³/mol. The summed E-state index contributed by atoms with van der Waals surface area (Å²) in [4.78, 5) is 0.